The molecular formula is C28H44ClN3. The summed E-state index contributed by atoms with van der Waals surface area (Å²) in [7, 11) is 2.02. The predicted molar refractivity (Wildman–Crippen MR) is 146 cm³/mol. The first-order valence-electron chi connectivity index (χ1n) is 12.5. The van der Waals surface area contributed by atoms with Gasteiger partial charge >= 0.3 is 0 Å². The third kappa shape index (κ3) is 6.76. The van der Waals surface area contributed by atoms with E-state index >= 15 is 0 Å². The minimum Gasteiger partial charge on any atom is -0.355 e. The van der Waals surface area contributed by atoms with E-state index in [-0.39, 0.29) is 0 Å². The number of nitrogens with one attached hydrogen (secondary N) is 2. The Kier molecular flexibility index (Phi) is 13.1. The molecule has 0 bridgehead atoms. The van der Waals surface area contributed by atoms with Crippen molar-refractivity contribution in [2.75, 3.05) is 18.9 Å². The molecule has 1 aliphatic rings. The zero-order valence-corrected chi connectivity index (χ0v) is 22.3. The molecule has 0 radical (unpaired) electrons. The number of aromatic nitrogens is 1. The van der Waals surface area contributed by atoms with Crippen LogP contribution in [0.25, 0.3) is 10.9 Å². The van der Waals surface area contributed by atoms with Crippen molar-refractivity contribution in [2.24, 2.45) is 0 Å². The lowest BCUT2D eigenvalue weighted by atomic mass is 9.95. The van der Waals surface area contributed by atoms with Crippen molar-refractivity contribution in [3.05, 3.63) is 58.2 Å². The van der Waals surface area contributed by atoms with E-state index in [1.54, 1.807) is 11.3 Å². The molecule has 0 amide bonds. The number of likely N-dealkylation sites (N-methyl/N-ethyl adjacent to an activating group) is 1. The van der Waals surface area contributed by atoms with Crippen LogP contribution in [-0.4, -0.2) is 18.2 Å². The Balaban J connectivity index is 0.000000789. The van der Waals surface area contributed by atoms with Crippen LogP contribution in [0.4, 0.5) is 11.4 Å². The van der Waals surface area contributed by atoms with Gasteiger partial charge in [-0.25, -0.2) is 0 Å². The molecule has 1 aromatic heterocycles. The highest BCUT2D eigenvalue weighted by atomic mass is 35.5. The fourth-order valence-corrected chi connectivity index (χ4v) is 4.20. The Morgan fingerprint density at radius 2 is 1.50 bits per heavy atom. The molecule has 3 nitrogen and oxygen atoms in total. The molecule has 0 atom stereocenters. The van der Waals surface area contributed by atoms with Crippen LogP contribution in [-0.2, 0) is 19.4 Å². The highest BCUT2D eigenvalue weighted by molar-refractivity contribution is 6.31. The average Bonchev–Trinajstić information content (AvgIpc) is 3.17. The van der Waals surface area contributed by atoms with Crippen molar-refractivity contribution < 1.29 is 0 Å². The number of benzene rings is 2. The molecule has 0 saturated carbocycles. The summed E-state index contributed by atoms with van der Waals surface area (Å²) in [6.45, 7) is 16.0. The van der Waals surface area contributed by atoms with Crippen LogP contribution in [0.15, 0.2) is 36.4 Å². The second-order valence-electron chi connectivity index (χ2n) is 7.21. The van der Waals surface area contributed by atoms with E-state index in [4.69, 9.17) is 11.6 Å². The van der Waals surface area contributed by atoms with E-state index in [0.29, 0.717) is 0 Å². The van der Waals surface area contributed by atoms with Gasteiger partial charge in [-0.1, -0.05) is 59.2 Å². The van der Waals surface area contributed by atoms with Gasteiger partial charge in [0.05, 0.1) is 5.52 Å². The highest BCUT2D eigenvalue weighted by Crippen LogP contribution is 2.34. The quantitative estimate of drug-likeness (QED) is 0.401. The smallest absolute Gasteiger partial charge is 0.0506 e. The van der Waals surface area contributed by atoms with Crippen LogP contribution in [0.3, 0.4) is 0 Å². The Labute approximate surface area is 201 Å². The molecular weight excluding hydrogens is 414 g/mol. The van der Waals surface area contributed by atoms with Crippen molar-refractivity contribution in [3.8, 4) is 0 Å². The van der Waals surface area contributed by atoms with Crippen LogP contribution >= 0.6 is 11.6 Å². The highest BCUT2D eigenvalue weighted by Gasteiger charge is 2.19. The normalized spacial score (nSPS) is 11.8. The van der Waals surface area contributed by atoms with E-state index < -0.39 is 0 Å². The molecule has 178 valence electrons. The first kappa shape index (κ1) is 28.1. The van der Waals surface area contributed by atoms with Crippen LogP contribution in [0.5, 0.6) is 0 Å². The third-order valence-electron chi connectivity index (χ3n) is 5.41. The molecule has 32 heavy (non-hydrogen) atoms. The molecule has 0 aliphatic heterocycles. The standard InChI is InChI=1S/C22H26ClN3.3C2H6/c1-15-13-16(8-10-20(15)23)25-17-7-9-19-18-5-3-4-6-21(18)26(12-11-24-2)22(19)14-17;3*1-2/h7-10,13-14,24-25H,3-6,11-12H2,1-2H3;3*1-2H3. The molecule has 1 aliphatic carbocycles. The van der Waals surface area contributed by atoms with Crippen molar-refractivity contribution in [3.63, 3.8) is 0 Å². The first-order chi connectivity index (χ1) is 15.7. The Bertz CT molecular complexity index is 943. The number of rotatable bonds is 5. The fourth-order valence-electron chi connectivity index (χ4n) is 4.08. The Hall–Kier alpha value is -1.97. The van der Waals surface area contributed by atoms with Gasteiger partial charge in [-0.2, -0.15) is 0 Å². The van der Waals surface area contributed by atoms with Gasteiger partial charge in [0, 0.05) is 40.6 Å². The summed E-state index contributed by atoms with van der Waals surface area (Å²) in [4.78, 5) is 0. The fraction of sp³-hybridized carbons (Fsp3) is 0.500. The zero-order chi connectivity index (χ0) is 24.1. The monoisotopic (exact) mass is 457 g/mol. The predicted octanol–water partition coefficient (Wildman–Crippen LogP) is 8.52. The molecule has 4 rings (SSSR count). The lowest BCUT2D eigenvalue weighted by Gasteiger charge is -2.16. The number of hydrogen-bond donors (Lipinski definition) is 2. The summed E-state index contributed by atoms with van der Waals surface area (Å²) < 4.78 is 2.53. The summed E-state index contributed by atoms with van der Waals surface area (Å²) >= 11 is 6.15. The maximum absolute atomic E-state index is 6.15. The number of anilines is 2. The van der Waals surface area contributed by atoms with E-state index in [1.165, 1.54) is 36.6 Å². The van der Waals surface area contributed by atoms with Gasteiger partial charge in [0.25, 0.3) is 0 Å². The summed E-state index contributed by atoms with van der Waals surface area (Å²) in [5.41, 5.74) is 7.75. The molecule has 0 unspecified atom stereocenters. The zero-order valence-electron chi connectivity index (χ0n) is 21.5. The summed E-state index contributed by atoms with van der Waals surface area (Å²) in [6, 6.07) is 12.9. The minimum absolute atomic E-state index is 0.805. The van der Waals surface area contributed by atoms with Gasteiger partial charge in [0.2, 0.25) is 0 Å². The number of hydrogen-bond acceptors (Lipinski definition) is 2. The second-order valence-corrected chi connectivity index (χ2v) is 7.62. The van der Waals surface area contributed by atoms with Gasteiger partial charge in [-0.3, -0.25) is 0 Å². The molecule has 2 N–H and O–H groups in total. The largest absolute Gasteiger partial charge is 0.355 e. The van der Waals surface area contributed by atoms with Crippen LogP contribution in [0, 0.1) is 6.92 Å². The van der Waals surface area contributed by atoms with E-state index in [9.17, 15) is 0 Å². The molecule has 0 spiro atoms. The molecule has 0 fully saturated rings. The lowest BCUT2D eigenvalue weighted by molar-refractivity contribution is 0.595. The Morgan fingerprint density at radius 3 is 2.16 bits per heavy atom. The number of halogens is 1. The van der Waals surface area contributed by atoms with Crippen LogP contribution in [0.1, 0.15) is 71.2 Å². The van der Waals surface area contributed by atoms with Crippen molar-refractivity contribution >= 4 is 33.9 Å². The molecule has 4 heteroatoms. The maximum Gasteiger partial charge on any atom is 0.0506 e. The van der Waals surface area contributed by atoms with Crippen molar-refractivity contribution in [2.45, 2.75) is 80.7 Å². The van der Waals surface area contributed by atoms with E-state index in [2.05, 4.69) is 39.5 Å². The molecule has 0 saturated heterocycles. The SMILES string of the molecule is CC.CC.CC.CNCCn1c2c(c3ccc(Nc4ccc(Cl)c(C)c4)cc31)CCCC2. The molecule has 1 heterocycles. The van der Waals surface area contributed by atoms with E-state index in [1.807, 2.05) is 67.6 Å². The first-order valence-corrected chi connectivity index (χ1v) is 12.9. The lowest BCUT2D eigenvalue weighted by Crippen LogP contribution is -2.17. The third-order valence-corrected chi connectivity index (χ3v) is 5.83. The number of fused-ring (bicyclic) bond motifs is 3. The van der Waals surface area contributed by atoms with Crippen LogP contribution < -0.4 is 10.6 Å². The minimum atomic E-state index is 0.805. The maximum atomic E-state index is 6.15. The topological polar surface area (TPSA) is 29.0 Å². The van der Waals surface area contributed by atoms with Crippen molar-refractivity contribution in [1.82, 2.24) is 9.88 Å². The van der Waals surface area contributed by atoms with E-state index in [0.717, 1.165) is 35.1 Å². The summed E-state index contributed by atoms with van der Waals surface area (Å²) in [6.07, 6.45) is 5.02. The average molecular weight is 458 g/mol. The number of nitrogens with zero attached hydrogens (tertiary/aromatic N) is 1. The second kappa shape index (κ2) is 15.0. The van der Waals surface area contributed by atoms with Gasteiger partial charge in [0.1, 0.15) is 0 Å². The van der Waals surface area contributed by atoms with Crippen LogP contribution in [0.2, 0.25) is 5.02 Å². The van der Waals surface area contributed by atoms with Crippen molar-refractivity contribution in [1.29, 1.82) is 0 Å². The molecule has 3 aromatic rings. The Morgan fingerprint density at radius 1 is 0.875 bits per heavy atom. The molecule has 2 aromatic carbocycles. The van der Waals surface area contributed by atoms with Gasteiger partial charge in [-0.05, 0) is 81.1 Å². The summed E-state index contributed by atoms with van der Waals surface area (Å²) in [5, 5.41) is 9.06. The number of aryl methyl sites for hydroxylation is 2. The van der Waals surface area contributed by atoms with Gasteiger partial charge < -0.3 is 15.2 Å². The summed E-state index contributed by atoms with van der Waals surface area (Å²) in [5.74, 6) is 0. The van der Waals surface area contributed by atoms with Gasteiger partial charge in [-0.15, -0.1) is 0 Å². The van der Waals surface area contributed by atoms with Gasteiger partial charge in [0.15, 0.2) is 0 Å².